The Hall–Kier alpha value is -2.75. The second-order valence-corrected chi connectivity index (χ2v) is 26.9. The third-order valence-electron chi connectivity index (χ3n) is 17.0. The molecule has 0 saturated carbocycles. The highest BCUT2D eigenvalue weighted by Gasteiger charge is 2.22. The van der Waals surface area contributed by atoms with Gasteiger partial charge in [0.2, 0.25) is 0 Å². The van der Waals surface area contributed by atoms with Crippen molar-refractivity contribution in [3.8, 4) is 0 Å². The lowest BCUT2D eigenvalue weighted by Crippen LogP contribution is -2.44. The highest BCUT2D eigenvalue weighted by molar-refractivity contribution is 5.70. The van der Waals surface area contributed by atoms with E-state index in [0.29, 0.717) is 11.0 Å². The molecule has 9 heteroatoms. The first-order valence-electron chi connectivity index (χ1n) is 37.8. The maximum atomic E-state index is 12.9. The molecule has 0 rings (SSSR count). The minimum atomic E-state index is -1.62. The van der Waals surface area contributed by atoms with Crippen LogP contribution >= 0.6 is 0 Å². The van der Waals surface area contributed by atoms with Crippen LogP contribution in [0.5, 0.6) is 0 Å². The first-order chi connectivity index (χ1) is 42.6. The average molecular weight is 1230 g/mol. The lowest BCUT2D eigenvalue weighted by molar-refractivity contribution is -0.870. The summed E-state index contributed by atoms with van der Waals surface area (Å²) < 4.78 is 22.8. The molecule has 0 aromatic carbocycles. The maximum absolute atomic E-state index is 12.9. The van der Waals surface area contributed by atoms with Crippen molar-refractivity contribution in [1.29, 1.82) is 0 Å². The van der Waals surface area contributed by atoms with Crippen molar-refractivity contribution >= 4 is 17.9 Å². The quantitative estimate of drug-likeness (QED) is 0.0195. The predicted molar refractivity (Wildman–Crippen MR) is 371 cm³/mol. The van der Waals surface area contributed by atoms with Crippen LogP contribution in [0.15, 0.2) is 48.6 Å². The zero-order valence-corrected chi connectivity index (χ0v) is 58.4. The standard InChI is InChI=1S/C78H145NO8/c1-6-8-10-12-14-16-18-20-22-24-26-28-29-30-31-32-33-34-35-36-37-38-39-40-41-42-43-44-45-46-47-49-51-53-55-57-59-61-63-65-67-69-76(81)87-74(73-86-78(77(82)83)84-71-70-79(3,4)5)72-85-75(80)68-66-64-62-60-58-56-54-52-50-48-27-25-23-21-19-17-15-13-11-9-7-2/h18-21,24-27,74,78H,6-17,22-23,28-73H2,1-5H3/b20-18-,21-19-,26-24-,27-25-. The number of carboxylic acids is 1. The summed E-state index contributed by atoms with van der Waals surface area (Å²) in [5, 5.41) is 11.8. The second kappa shape index (κ2) is 69.1. The molecule has 0 aliphatic carbocycles. The number of allylic oxidation sites excluding steroid dienone is 8. The summed E-state index contributed by atoms with van der Waals surface area (Å²) in [6, 6.07) is 0. The summed E-state index contributed by atoms with van der Waals surface area (Å²) >= 11 is 0. The van der Waals surface area contributed by atoms with Crippen molar-refractivity contribution in [2.45, 2.75) is 386 Å². The Morgan fingerprint density at radius 2 is 0.621 bits per heavy atom. The largest absolute Gasteiger partial charge is 0.545 e. The first kappa shape index (κ1) is 84.2. The summed E-state index contributed by atoms with van der Waals surface area (Å²) in [4.78, 5) is 37.5. The fraction of sp³-hybridized carbons (Fsp3) is 0.859. The van der Waals surface area contributed by atoms with E-state index in [1.165, 1.54) is 295 Å². The van der Waals surface area contributed by atoms with Gasteiger partial charge in [0.15, 0.2) is 12.4 Å². The Morgan fingerprint density at radius 3 is 0.908 bits per heavy atom. The monoisotopic (exact) mass is 1220 g/mol. The molecule has 0 amide bonds. The molecule has 0 bridgehead atoms. The van der Waals surface area contributed by atoms with Crippen LogP contribution in [0.2, 0.25) is 0 Å². The van der Waals surface area contributed by atoms with Gasteiger partial charge in [-0.1, -0.05) is 332 Å². The van der Waals surface area contributed by atoms with Gasteiger partial charge in [0, 0.05) is 12.8 Å². The van der Waals surface area contributed by atoms with Gasteiger partial charge in [0.25, 0.3) is 0 Å². The summed E-state index contributed by atoms with van der Waals surface area (Å²) in [5.41, 5.74) is 0. The molecule has 0 fully saturated rings. The third-order valence-corrected chi connectivity index (χ3v) is 17.0. The molecule has 9 nitrogen and oxygen atoms in total. The van der Waals surface area contributed by atoms with Gasteiger partial charge in [-0.05, 0) is 77.0 Å². The second-order valence-electron chi connectivity index (χ2n) is 26.9. The van der Waals surface area contributed by atoms with Gasteiger partial charge >= 0.3 is 11.9 Å². The summed E-state index contributed by atoms with van der Waals surface area (Å²) in [6.07, 6.45) is 86.6. The van der Waals surface area contributed by atoms with Crippen LogP contribution < -0.4 is 5.11 Å². The van der Waals surface area contributed by atoms with Gasteiger partial charge in [-0.15, -0.1) is 0 Å². The number of hydrogen-bond donors (Lipinski definition) is 0. The van der Waals surface area contributed by atoms with Crippen molar-refractivity contribution < 1.29 is 42.9 Å². The normalized spacial score (nSPS) is 12.9. The number of carbonyl (C=O) groups excluding carboxylic acids is 3. The molecule has 510 valence electrons. The number of esters is 2. The molecule has 87 heavy (non-hydrogen) atoms. The summed E-state index contributed by atoms with van der Waals surface area (Å²) in [5.74, 6) is -2.26. The molecule has 0 aliphatic rings. The minimum absolute atomic E-state index is 0.149. The molecule has 0 radical (unpaired) electrons. The Balaban J connectivity index is 3.94. The number of carboxylic acid groups (broad SMARTS) is 1. The fourth-order valence-corrected chi connectivity index (χ4v) is 11.2. The topological polar surface area (TPSA) is 111 Å². The molecule has 0 N–H and O–H groups in total. The lowest BCUT2D eigenvalue weighted by Gasteiger charge is -2.26. The molecule has 0 heterocycles. The maximum Gasteiger partial charge on any atom is 0.306 e. The molecule has 0 saturated heterocycles. The Kier molecular flexibility index (Phi) is 67.0. The highest BCUT2D eigenvalue weighted by Crippen LogP contribution is 2.19. The van der Waals surface area contributed by atoms with E-state index in [0.717, 1.165) is 51.4 Å². The van der Waals surface area contributed by atoms with E-state index in [9.17, 15) is 19.5 Å². The van der Waals surface area contributed by atoms with E-state index in [1.807, 2.05) is 21.1 Å². The smallest absolute Gasteiger partial charge is 0.306 e. The van der Waals surface area contributed by atoms with Crippen LogP contribution in [0.25, 0.3) is 0 Å². The number of rotatable bonds is 71. The molecular weight excluding hydrogens is 1080 g/mol. The van der Waals surface area contributed by atoms with E-state index in [-0.39, 0.29) is 38.6 Å². The summed E-state index contributed by atoms with van der Waals surface area (Å²) in [7, 11) is 5.94. The lowest BCUT2D eigenvalue weighted by atomic mass is 10.0. The molecule has 0 spiro atoms. The number of likely N-dealkylation sites (N-methyl/N-ethyl adjacent to an activating group) is 1. The van der Waals surface area contributed by atoms with Gasteiger partial charge in [-0.3, -0.25) is 9.59 Å². The van der Waals surface area contributed by atoms with E-state index in [1.54, 1.807) is 0 Å². The Morgan fingerprint density at radius 1 is 0.345 bits per heavy atom. The number of ether oxygens (including phenoxy) is 4. The third kappa shape index (κ3) is 70.6. The predicted octanol–water partition coefficient (Wildman–Crippen LogP) is 22.4. The van der Waals surface area contributed by atoms with Gasteiger partial charge in [0.05, 0.1) is 40.3 Å². The van der Waals surface area contributed by atoms with Gasteiger partial charge < -0.3 is 33.3 Å². The average Bonchev–Trinajstić information content (AvgIpc) is 3.59. The zero-order valence-electron chi connectivity index (χ0n) is 58.4. The van der Waals surface area contributed by atoms with Gasteiger partial charge in [0.1, 0.15) is 13.2 Å². The van der Waals surface area contributed by atoms with Crippen LogP contribution in [0.4, 0.5) is 0 Å². The van der Waals surface area contributed by atoms with Crippen molar-refractivity contribution in [3.05, 3.63) is 48.6 Å². The van der Waals surface area contributed by atoms with Crippen LogP contribution in [-0.2, 0) is 33.3 Å². The Bertz CT molecular complexity index is 1570. The summed E-state index contributed by atoms with van der Waals surface area (Å²) in [6.45, 7) is 4.78. The molecular formula is C78H145NO8. The van der Waals surface area contributed by atoms with Crippen LogP contribution in [0, 0.1) is 0 Å². The first-order valence-corrected chi connectivity index (χ1v) is 37.8. The number of quaternary nitrogens is 1. The van der Waals surface area contributed by atoms with Crippen molar-refractivity contribution in [2.75, 3.05) is 47.5 Å². The van der Waals surface area contributed by atoms with Crippen molar-refractivity contribution in [1.82, 2.24) is 0 Å². The van der Waals surface area contributed by atoms with E-state index in [2.05, 4.69) is 62.5 Å². The Labute approximate surface area is 540 Å². The SMILES string of the molecule is CCCCCCC/C=C\C/C=C\CCCCCCCCCCCCCCCCCCCCCCCCCCCCCCCC(=O)OC(COC(=O)CCCCCCCCCCC/C=C\C/C=C\CCCCCCC)COC(OCC[N+](C)(C)C)C(=O)[O-]. The number of hydrogen-bond acceptors (Lipinski definition) is 8. The molecule has 0 aromatic rings. The minimum Gasteiger partial charge on any atom is -0.545 e. The van der Waals surface area contributed by atoms with E-state index >= 15 is 0 Å². The number of aliphatic carboxylic acids is 1. The van der Waals surface area contributed by atoms with E-state index < -0.39 is 24.3 Å². The van der Waals surface area contributed by atoms with Crippen LogP contribution in [0.3, 0.4) is 0 Å². The highest BCUT2D eigenvalue weighted by atomic mass is 16.7. The number of unbranched alkanes of at least 4 members (excludes halogenated alkanes) is 48. The van der Waals surface area contributed by atoms with Crippen molar-refractivity contribution in [3.63, 3.8) is 0 Å². The molecule has 0 aromatic heterocycles. The molecule has 0 aliphatic heterocycles. The number of carbonyl (C=O) groups is 3. The van der Waals surface area contributed by atoms with Gasteiger partial charge in [-0.25, -0.2) is 0 Å². The van der Waals surface area contributed by atoms with Crippen LogP contribution in [-0.4, -0.2) is 82.3 Å². The molecule has 2 unspecified atom stereocenters. The fourth-order valence-electron chi connectivity index (χ4n) is 11.2. The van der Waals surface area contributed by atoms with Gasteiger partial charge in [-0.2, -0.15) is 0 Å². The van der Waals surface area contributed by atoms with Crippen LogP contribution in [0.1, 0.15) is 373 Å². The zero-order chi connectivity index (χ0) is 63.3. The number of nitrogens with zero attached hydrogens (tertiary/aromatic N) is 1. The molecule has 2 atom stereocenters. The van der Waals surface area contributed by atoms with E-state index in [4.69, 9.17) is 18.9 Å². The van der Waals surface area contributed by atoms with Crippen molar-refractivity contribution in [2.24, 2.45) is 0 Å².